The summed E-state index contributed by atoms with van der Waals surface area (Å²) >= 11 is 0. The topological polar surface area (TPSA) is 107 Å². The van der Waals surface area contributed by atoms with Crippen molar-refractivity contribution in [1.29, 1.82) is 0 Å². The number of nitrogens with one attached hydrogen (secondary N) is 2. The van der Waals surface area contributed by atoms with Crippen LogP contribution >= 0.6 is 0 Å². The molecule has 0 bridgehead atoms. The van der Waals surface area contributed by atoms with Crippen molar-refractivity contribution in [2.45, 2.75) is 19.4 Å². The van der Waals surface area contributed by atoms with Crippen molar-refractivity contribution >= 4 is 23.2 Å². The number of rotatable bonds is 2. The normalized spacial score (nSPS) is 15.5. The lowest BCUT2D eigenvalue weighted by atomic mass is 10.0. The first-order chi connectivity index (χ1) is 11.7. The van der Waals surface area contributed by atoms with Crippen molar-refractivity contribution in [2.75, 3.05) is 16.8 Å². The summed E-state index contributed by atoms with van der Waals surface area (Å²) < 4.78 is 0. The number of carbonyl (C=O) groups excluding carboxylic acids is 2. The number of hydrogen-bond donors (Lipinski definition) is 3. The monoisotopic (exact) mass is 325 g/mol. The Morgan fingerprint density at radius 1 is 1.33 bits per heavy atom. The van der Waals surface area contributed by atoms with Gasteiger partial charge in [-0.15, -0.1) is 0 Å². The molecule has 0 saturated carbocycles. The van der Waals surface area contributed by atoms with Gasteiger partial charge < -0.3 is 10.2 Å². The maximum absolute atomic E-state index is 11.7. The Morgan fingerprint density at radius 3 is 3.04 bits per heavy atom. The maximum Gasteiger partial charge on any atom is 0.294 e. The fourth-order valence-corrected chi connectivity index (χ4v) is 3.19. The van der Waals surface area contributed by atoms with Crippen LogP contribution in [0.2, 0.25) is 0 Å². The van der Waals surface area contributed by atoms with Gasteiger partial charge >= 0.3 is 0 Å². The number of hydroxylamine groups is 1. The lowest BCUT2D eigenvalue weighted by molar-refractivity contribution is -0.115. The number of aromatic nitrogens is 2. The zero-order valence-corrected chi connectivity index (χ0v) is 12.7. The summed E-state index contributed by atoms with van der Waals surface area (Å²) in [5, 5.41) is 11.5. The third kappa shape index (κ3) is 2.37. The second kappa shape index (κ2) is 5.57. The van der Waals surface area contributed by atoms with E-state index in [-0.39, 0.29) is 11.6 Å². The fourth-order valence-electron chi connectivity index (χ4n) is 3.19. The van der Waals surface area contributed by atoms with Crippen molar-refractivity contribution in [3.63, 3.8) is 0 Å². The Kier molecular flexibility index (Phi) is 3.39. The van der Waals surface area contributed by atoms with Gasteiger partial charge in [0.05, 0.1) is 30.6 Å². The number of fused-ring (bicyclic) bond motifs is 2. The molecule has 122 valence electrons. The van der Waals surface area contributed by atoms with Crippen LogP contribution in [-0.4, -0.2) is 33.5 Å². The third-order valence-electron chi connectivity index (χ3n) is 4.33. The molecule has 2 aromatic rings. The highest BCUT2D eigenvalue weighted by molar-refractivity contribution is 6.01. The van der Waals surface area contributed by atoms with E-state index in [1.807, 2.05) is 18.2 Å². The number of carbonyl (C=O) groups is 2. The maximum atomic E-state index is 11.7. The molecule has 24 heavy (non-hydrogen) atoms. The second-order valence-electron chi connectivity index (χ2n) is 5.79. The van der Waals surface area contributed by atoms with Gasteiger partial charge in [-0.05, 0) is 12.1 Å². The second-order valence-corrected chi connectivity index (χ2v) is 5.79. The summed E-state index contributed by atoms with van der Waals surface area (Å²) in [7, 11) is 0. The first-order valence-electron chi connectivity index (χ1n) is 7.61. The molecule has 2 aliphatic rings. The number of nitrogens with zero attached hydrogens (tertiary/aromatic N) is 3. The summed E-state index contributed by atoms with van der Waals surface area (Å²) in [5.74, 6) is -0.660. The standard InChI is InChI=1S/C16H15N5O3/c22-15-6-9-10(19-15)2-1-3-14(9)21-5-4-11-13(8-21)17-7-12(18-11)16(23)20-24/h1-3,7,24H,4-6,8H2,(H,19,22)(H,20,23). The van der Waals surface area contributed by atoms with Gasteiger partial charge in [0, 0.05) is 29.9 Å². The van der Waals surface area contributed by atoms with E-state index in [4.69, 9.17) is 5.21 Å². The van der Waals surface area contributed by atoms with E-state index in [0.29, 0.717) is 19.4 Å². The van der Waals surface area contributed by atoms with Crippen LogP contribution in [0.4, 0.5) is 11.4 Å². The Morgan fingerprint density at radius 2 is 2.21 bits per heavy atom. The van der Waals surface area contributed by atoms with Crippen LogP contribution in [0.5, 0.6) is 0 Å². The zero-order valence-electron chi connectivity index (χ0n) is 12.7. The molecule has 0 fully saturated rings. The minimum atomic E-state index is -0.668. The third-order valence-corrected chi connectivity index (χ3v) is 4.33. The fraction of sp³-hybridized carbons (Fsp3) is 0.250. The molecule has 0 atom stereocenters. The summed E-state index contributed by atoms with van der Waals surface area (Å²) in [4.78, 5) is 33.8. The van der Waals surface area contributed by atoms with Gasteiger partial charge in [-0.3, -0.25) is 19.8 Å². The molecule has 1 aromatic carbocycles. The lowest BCUT2D eigenvalue weighted by Gasteiger charge is -2.30. The van der Waals surface area contributed by atoms with E-state index < -0.39 is 5.91 Å². The van der Waals surface area contributed by atoms with E-state index in [0.717, 1.165) is 34.9 Å². The highest BCUT2D eigenvalue weighted by Crippen LogP contribution is 2.34. The van der Waals surface area contributed by atoms with Crippen molar-refractivity contribution in [3.8, 4) is 0 Å². The van der Waals surface area contributed by atoms with Gasteiger partial charge in [-0.25, -0.2) is 10.5 Å². The van der Waals surface area contributed by atoms with E-state index in [2.05, 4.69) is 20.2 Å². The molecule has 0 saturated heterocycles. The van der Waals surface area contributed by atoms with Gasteiger partial charge in [0.1, 0.15) is 5.69 Å². The molecule has 3 heterocycles. The first-order valence-corrected chi connectivity index (χ1v) is 7.61. The van der Waals surface area contributed by atoms with Crippen molar-refractivity contribution in [3.05, 3.63) is 47.0 Å². The van der Waals surface area contributed by atoms with Crippen LogP contribution in [0.3, 0.4) is 0 Å². The predicted molar refractivity (Wildman–Crippen MR) is 84.8 cm³/mol. The summed E-state index contributed by atoms with van der Waals surface area (Å²) in [5.41, 5.74) is 6.12. The quantitative estimate of drug-likeness (QED) is 0.553. The molecule has 2 amide bonds. The van der Waals surface area contributed by atoms with Gasteiger partial charge in [0.2, 0.25) is 5.91 Å². The Balaban J connectivity index is 1.63. The molecule has 3 N–H and O–H groups in total. The summed E-state index contributed by atoms with van der Waals surface area (Å²) in [6.45, 7) is 1.28. The largest absolute Gasteiger partial charge is 0.365 e. The Hall–Kier alpha value is -3.00. The van der Waals surface area contributed by atoms with Gasteiger partial charge in [-0.2, -0.15) is 0 Å². The van der Waals surface area contributed by atoms with Crippen molar-refractivity contribution in [2.24, 2.45) is 0 Å². The number of benzene rings is 1. The average molecular weight is 325 g/mol. The molecule has 8 nitrogen and oxygen atoms in total. The molecule has 0 spiro atoms. The van der Waals surface area contributed by atoms with Gasteiger partial charge in [0.25, 0.3) is 5.91 Å². The number of anilines is 2. The van der Waals surface area contributed by atoms with E-state index in [1.54, 1.807) is 5.48 Å². The molecule has 0 unspecified atom stereocenters. The van der Waals surface area contributed by atoms with Crippen LogP contribution < -0.4 is 15.7 Å². The highest BCUT2D eigenvalue weighted by atomic mass is 16.5. The Labute approximate surface area is 137 Å². The highest BCUT2D eigenvalue weighted by Gasteiger charge is 2.26. The van der Waals surface area contributed by atoms with Gasteiger partial charge in [0.15, 0.2) is 0 Å². The van der Waals surface area contributed by atoms with Gasteiger partial charge in [-0.1, -0.05) is 6.07 Å². The van der Waals surface area contributed by atoms with Crippen LogP contribution in [0.15, 0.2) is 24.4 Å². The molecular formula is C16H15N5O3. The van der Waals surface area contributed by atoms with E-state index in [9.17, 15) is 9.59 Å². The van der Waals surface area contributed by atoms with Crippen molar-refractivity contribution < 1.29 is 14.8 Å². The molecule has 1 aromatic heterocycles. The van der Waals surface area contributed by atoms with Crippen LogP contribution in [-0.2, 0) is 24.2 Å². The van der Waals surface area contributed by atoms with Crippen LogP contribution in [0, 0.1) is 0 Å². The zero-order chi connectivity index (χ0) is 16.7. The average Bonchev–Trinajstić information content (AvgIpc) is 3.00. The first kappa shape index (κ1) is 14.6. The number of amides is 2. The minimum Gasteiger partial charge on any atom is -0.365 e. The molecular weight excluding hydrogens is 310 g/mol. The van der Waals surface area contributed by atoms with Crippen LogP contribution in [0.1, 0.15) is 27.4 Å². The number of hydrogen-bond acceptors (Lipinski definition) is 6. The predicted octanol–water partition coefficient (Wildman–Crippen LogP) is 0.653. The smallest absolute Gasteiger partial charge is 0.294 e. The Bertz CT molecular complexity index is 852. The molecule has 2 aliphatic heterocycles. The van der Waals surface area contributed by atoms with Crippen LogP contribution in [0.25, 0.3) is 0 Å². The molecule has 0 radical (unpaired) electrons. The SMILES string of the molecule is O=C1Cc2c(cccc2N2CCc3nc(C(=O)NO)cnc3C2)N1. The lowest BCUT2D eigenvalue weighted by Crippen LogP contribution is -2.33. The minimum absolute atomic E-state index is 0.00862. The molecule has 4 rings (SSSR count). The van der Waals surface area contributed by atoms with E-state index in [1.165, 1.54) is 6.20 Å². The summed E-state index contributed by atoms with van der Waals surface area (Å²) in [6.07, 6.45) is 2.38. The summed E-state index contributed by atoms with van der Waals surface area (Å²) in [6, 6.07) is 5.84. The molecule has 8 heteroatoms. The molecule has 0 aliphatic carbocycles. The van der Waals surface area contributed by atoms with E-state index >= 15 is 0 Å². The van der Waals surface area contributed by atoms with Crippen molar-refractivity contribution in [1.82, 2.24) is 15.4 Å².